The van der Waals surface area contributed by atoms with Crippen molar-refractivity contribution < 1.29 is 4.79 Å². The lowest BCUT2D eigenvalue weighted by atomic mass is 10.4. The highest BCUT2D eigenvalue weighted by Gasteiger charge is 2.09. The summed E-state index contributed by atoms with van der Waals surface area (Å²) in [5.41, 5.74) is 1.70. The molecule has 3 aromatic heterocycles. The van der Waals surface area contributed by atoms with Crippen molar-refractivity contribution in [3.63, 3.8) is 0 Å². The molecule has 5 nitrogen and oxygen atoms in total. The first-order chi connectivity index (χ1) is 9.72. The van der Waals surface area contributed by atoms with E-state index in [1.165, 1.54) is 11.3 Å². The lowest BCUT2D eigenvalue weighted by Gasteiger charge is -1.99. The normalized spacial score (nSPS) is 10.7. The summed E-state index contributed by atoms with van der Waals surface area (Å²) in [6, 6.07) is 3.76. The van der Waals surface area contributed by atoms with E-state index in [4.69, 9.17) is 0 Å². The van der Waals surface area contributed by atoms with E-state index in [0.717, 1.165) is 15.9 Å². The molecule has 0 unspecified atom stereocenters. The number of nitrogens with zero attached hydrogens (tertiary/aromatic N) is 3. The van der Waals surface area contributed by atoms with E-state index in [1.807, 2.05) is 28.4 Å². The van der Waals surface area contributed by atoms with Crippen LogP contribution in [0.3, 0.4) is 0 Å². The lowest BCUT2D eigenvalue weighted by molar-refractivity contribution is 0.0954. The van der Waals surface area contributed by atoms with Crippen LogP contribution in [-0.2, 0) is 6.54 Å². The van der Waals surface area contributed by atoms with E-state index in [-0.39, 0.29) is 5.91 Å². The predicted molar refractivity (Wildman–Crippen MR) is 82.4 cm³/mol. The zero-order valence-corrected chi connectivity index (χ0v) is 13.3. The molecule has 0 aliphatic heterocycles. The predicted octanol–water partition coefficient (Wildman–Crippen LogP) is 3.08. The minimum atomic E-state index is -0.106. The number of carbonyl (C=O) groups excluding carboxylic acids is 1. The number of nitrogens with one attached hydrogen (secondary N) is 1. The number of rotatable bonds is 4. The van der Waals surface area contributed by atoms with E-state index in [2.05, 4.69) is 31.6 Å². The minimum Gasteiger partial charge on any atom is -0.346 e. The molecule has 0 bridgehead atoms. The molecule has 0 atom stereocenters. The Labute approximate surface area is 131 Å². The summed E-state index contributed by atoms with van der Waals surface area (Å²) in [6.45, 7) is 0.360. The summed E-state index contributed by atoms with van der Waals surface area (Å²) in [7, 11) is 0. The van der Waals surface area contributed by atoms with E-state index < -0.39 is 0 Å². The van der Waals surface area contributed by atoms with Crippen molar-refractivity contribution in [1.29, 1.82) is 0 Å². The van der Waals surface area contributed by atoms with Crippen molar-refractivity contribution in [2.75, 3.05) is 0 Å². The van der Waals surface area contributed by atoms with Gasteiger partial charge in [0.2, 0.25) is 0 Å². The third kappa shape index (κ3) is 2.97. The largest absolute Gasteiger partial charge is 0.346 e. The maximum atomic E-state index is 11.9. The summed E-state index contributed by atoms with van der Waals surface area (Å²) in [6.07, 6.45) is 1.81. The van der Waals surface area contributed by atoms with Crippen LogP contribution in [0.25, 0.3) is 5.69 Å². The van der Waals surface area contributed by atoms with Gasteiger partial charge >= 0.3 is 0 Å². The highest BCUT2D eigenvalue weighted by molar-refractivity contribution is 9.10. The second-order valence-corrected chi connectivity index (χ2v) is 6.55. The lowest BCUT2D eigenvalue weighted by Crippen LogP contribution is -2.21. The highest BCUT2D eigenvalue weighted by Crippen LogP contribution is 2.19. The number of hydrogen-bond donors (Lipinski definition) is 1. The first-order valence-corrected chi connectivity index (χ1v) is 8.30. The van der Waals surface area contributed by atoms with Gasteiger partial charge in [-0.05, 0) is 33.4 Å². The standard InChI is InChI=1S/C12H9BrN4OS2/c13-8-3-11(20-6-8)12(18)14-4-9-5-17(16-15-9)10-1-2-19-7-10/h1-3,5-7H,4H2,(H,14,18). The van der Waals surface area contributed by atoms with E-state index >= 15 is 0 Å². The van der Waals surface area contributed by atoms with Crippen LogP contribution < -0.4 is 5.32 Å². The first kappa shape index (κ1) is 13.5. The van der Waals surface area contributed by atoms with Crippen LogP contribution >= 0.6 is 38.6 Å². The van der Waals surface area contributed by atoms with E-state index in [0.29, 0.717) is 11.4 Å². The number of amides is 1. The van der Waals surface area contributed by atoms with Crippen molar-refractivity contribution in [3.8, 4) is 5.69 Å². The number of carbonyl (C=O) groups is 1. The minimum absolute atomic E-state index is 0.106. The molecule has 102 valence electrons. The van der Waals surface area contributed by atoms with Crippen molar-refractivity contribution in [3.05, 3.63) is 49.5 Å². The Balaban J connectivity index is 1.63. The number of aromatic nitrogens is 3. The molecule has 0 aromatic carbocycles. The Morgan fingerprint density at radius 2 is 2.35 bits per heavy atom. The summed E-state index contributed by atoms with van der Waals surface area (Å²) in [5.74, 6) is -0.106. The van der Waals surface area contributed by atoms with Crippen molar-refractivity contribution in [1.82, 2.24) is 20.3 Å². The van der Waals surface area contributed by atoms with Crippen LogP contribution in [0.15, 0.2) is 38.9 Å². The van der Waals surface area contributed by atoms with Gasteiger partial charge in [0.05, 0.1) is 23.3 Å². The average Bonchev–Trinajstić information content (AvgIpc) is 3.16. The Bertz CT molecular complexity index is 719. The molecule has 0 spiro atoms. The SMILES string of the molecule is O=C(NCc1cn(-c2ccsc2)nn1)c1cc(Br)cs1. The Morgan fingerprint density at radius 3 is 3.05 bits per heavy atom. The topological polar surface area (TPSA) is 59.8 Å². The van der Waals surface area contributed by atoms with Gasteiger partial charge < -0.3 is 5.32 Å². The Hall–Kier alpha value is -1.51. The second-order valence-electron chi connectivity index (χ2n) is 3.95. The quantitative estimate of drug-likeness (QED) is 0.769. The molecule has 1 N–H and O–H groups in total. The zero-order chi connectivity index (χ0) is 13.9. The van der Waals surface area contributed by atoms with Gasteiger partial charge in [0, 0.05) is 15.2 Å². The van der Waals surface area contributed by atoms with Crippen LogP contribution in [0.4, 0.5) is 0 Å². The van der Waals surface area contributed by atoms with Gasteiger partial charge in [-0.2, -0.15) is 11.3 Å². The van der Waals surface area contributed by atoms with Crippen molar-refractivity contribution in [2.24, 2.45) is 0 Å². The molecule has 3 rings (SSSR count). The second kappa shape index (κ2) is 5.86. The molecule has 3 heterocycles. The van der Waals surface area contributed by atoms with Gasteiger partial charge in [0.1, 0.15) is 5.69 Å². The van der Waals surface area contributed by atoms with Gasteiger partial charge in [-0.15, -0.1) is 16.4 Å². The maximum absolute atomic E-state index is 11.9. The number of thiophene rings is 2. The molecular weight excluding hydrogens is 360 g/mol. The molecule has 0 saturated heterocycles. The van der Waals surface area contributed by atoms with Gasteiger partial charge in [-0.3, -0.25) is 4.79 Å². The fraction of sp³-hybridized carbons (Fsp3) is 0.0833. The van der Waals surface area contributed by atoms with E-state index in [9.17, 15) is 4.79 Å². The van der Waals surface area contributed by atoms with Crippen LogP contribution in [-0.4, -0.2) is 20.9 Å². The zero-order valence-electron chi connectivity index (χ0n) is 10.1. The molecular formula is C12H9BrN4OS2. The molecule has 3 aromatic rings. The molecule has 20 heavy (non-hydrogen) atoms. The summed E-state index contributed by atoms with van der Waals surface area (Å²) in [4.78, 5) is 12.6. The first-order valence-electron chi connectivity index (χ1n) is 5.68. The number of hydrogen-bond acceptors (Lipinski definition) is 5. The summed E-state index contributed by atoms with van der Waals surface area (Å²) in [5, 5.41) is 16.7. The van der Waals surface area contributed by atoms with Crippen molar-refractivity contribution in [2.45, 2.75) is 6.54 Å². The van der Waals surface area contributed by atoms with Crippen LogP contribution in [0.2, 0.25) is 0 Å². The molecule has 8 heteroatoms. The molecule has 0 fully saturated rings. The molecule has 0 radical (unpaired) electrons. The molecule has 1 amide bonds. The van der Waals surface area contributed by atoms with Gasteiger partial charge in [0.15, 0.2) is 0 Å². The monoisotopic (exact) mass is 368 g/mol. The Morgan fingerprint density at radius 1 is 1.45 bits per heavy atom. The Kier molecular flexibility index (Phi) is 3.95. The van der Waals surface area contributed by atoms with Crippen LogP contribution in [0, 0.1) is 0 Å². The summed E-state index contributed by atoms with van der Waals surface area (Å²) >= 11 is 6.32. The third-order valence-corrected chi connectivity index (χ3v) is 4.89. The molecule has 0 saturated carbocycles. The van der Waals surface area contributed by atoms with Gasteiger partial charge in [-0.1, -0.05) is 5.21 Å². The van der Waals surface area contributed by atoms with E-state index in [1.54, 1.807) is 22.1 Å². The molecule has 0 aliphatic carbocycles. The van der Waals surface area contributed by atoms with Gasteiger partial charge in [0.25, 0.3) is 5.91 Å². The average molecular weight is 369 g/mol. The highest BCUT2D eigenvalue weighted by atomic mass is 79.9. The van der Waals surface area contributed by atoms with Crippen LogP contribution in [0.1, 0.15) is 15.4 Å². The fourth-order valence-electron chi connectivity index (χ4n) is 1.58. The fourth-order valence-corrected chi connectivity index (χ4v) is 3.55. The third-order valence-electron chi connectivity index (χ3n) is 2.53. The maximum Gasteiger partial charge on any atom is 0.261 e. The smallest absolute Gasteiger partial charge is 0.261 e. The summed E-state index contributed by atoms with van der Waals surface area (Å²) < 4.78 is 2.61. The van der Waals surface area contributed by atoms with Gasteiger partial charge in [-0.25, -0.2) is 4.68 Å². The number of halogens is 1. The van der Waals surface area contributed by atoms with Crippen molar-refractivity contribution >= 4 is 44.5 Å². The molecule has 0 aliphatic rings. The van der Waals surface area contributed by atoms with Crippen LogP contribution in [0.5, 0.6) is 0 Å².